The highest BCUT2D eigenvalue weighted by molar-refractivity contribution is 5.55. The van der Waals surface area contributed by atoms with E-state index < -0.39 is 0 Å². The summed E-state index contributed by atoms with van der Waals surface area (Å²) in [5.74, 6) is 1.51. The third-order valence-corrected chi connectivity index (χ3v) is 3.34. The van der Waals surface area contributed by atoms with Gasteiger partial charge in [-0.15, -0.1) is 0 Å². The smallest absolute Gasteiger partial charge is 0.266 e. The first-order valence-electron chi connectivity index (χ1n) is 6.58. The number of hydrogen-bond acceptors (Lipinski definition) is 5. The number of oxazole rings is 1. The minimum atomic E-state index is 0.341. The lowest BCUT2D eigenvalue weighted by molar-refractivity contribution is 0.509. The third kappa shape index (κ3) is 2.34. The number of furan rings is 1. The molecule has 0 aliphatic carbocycles. The van der Waals surface area contributed by atoms with Crippen LogP contribution >= 0.6 is 0 Å². The van der Waals surface area contributed by atoms with Gasteiger partial charge in [0.2, 0.25) is 11.6 Å². The van der Waals surface area contributed by atoms with Crippen molar-refractivity contribution in [3.8, 4) is 17.7 Å². The van der Waals surface area contributed by atoms with Crippen LogP contribution in [0.1, 0.15) is 31.4 Å². The summed E-state index contributed by atoms with van der Waals surface area (Å²) in [5, 5.41) is 9.20. The Bertz CT molecular complexity index is 572. The van der Waals surface area contributed by atoms with E-state index in [1.165, 1.54) is 12.8 Å². The Labute approximate surface area is 111 Å². The van der Waals surface area contributed by atoms with Crippen molar-refractivity contribution < 1.29 is 8.83 Å². The normalized spacial score (nSPS) is 16.1. The molecule has 98 valence electrons. The van der Waals surface area contributed by atoms with Crippen LogP contribution in [0.5, 0.6) is 0 Å². The van der Waals surface area contributed by atoms with Gasteiger partial charge in [0.15, 0.2) is 5.76 Å². The molecule has 3 rings (SSSR count). The maximum absolute atomic E-state index is 9.20. The Kier molecular flexibility index (Phi) is 3.23. The summed E-state index contributed by atoms with van der Waals surface area (Å²) in [6, 6.07) is 5.66. The van der Waals surface area contributed by atoms with Crippen molar-refractivity contribution in [2.45, 2.75) is 25.7 Å². The molecule has 0 saturated carbocycles. The maximum Gasteiger partial charge on any atom is 0.266 e. The minimum absolute atomic E-state index is 0.341. The number of nitrogens with zero attached hydrogens (tertiary/aromatic N) is 3. The Balaban J connectivity index is 1.94. The van der Waals surface area contributed by atoms with Gasteiger partial charge in [-0.3, -0.25) is 0 Å². The van der Waals surface area contributed by atoms with E-state index in [0.717, 1.165) is 25.9 Å². The maximum atomic E-state index is 9.20. The molecule has 19 heavy (non-hydrogen) atoms. The quantitative estimate of drug-likeness (QED) is 0.826. The molecule has 5 nitrogen and oxygen atoms in total. The van der Waals surface area contributed by atoms with Crippen molar-refractivity contribution in [3.63, 3.8) is 0 Å². The van der Waals surface area contributed by atoms with Crippen LogP contribution in [0, 0.1) is 11.3 Å². The molecule has 1 saturated heterocycles. The second kappa shape index (κ2) is 5.19. The fraction of sp³-hybridized carbons (Fsp3) is 0.429. The Morgan fingerprint density at radius 2 is 2.00 bits per heavy atom. The molecular weight excluding hydrogens is 242 g/mol. The molecule has 3 heterocycles. The van der Waals surface area contributed by atoms with E-state index in [1.807, 2.05) is 0 Å². The fourth-order valence-corrected chi connectivity index (χ4v) is 2.38. The molecule has 0 atom stereocenters. The topological polar surface area (TPSA) is 66.2 Å². The highest BCUT2D eigenvalue weighted by atomic mass is 16.4. The molecule has 2 aromatic rings. The van der Waals surface area contributed by atoms with Gasteiger partial charge in [0.25, 0.3) is 5.89 Å². The summed E-state index contributed by atoms with van der Waals surface area (Å²) < 4.78 is 11.0. The predicted octanol–water partition coefficient (Wildman–Crippen LogP) is 3.19. The first kappa shape index (κ1) is 11.8. The summed E-state index contributed by atoms with van der Waals surface area (Å²) in [5.41, 5.74) is 0.341. The van der Waals surface area contributed by atoms with Crippen LogP contribution in [0.4, 0.5) is 5.88 Å². The molecule has 0 N–H and O–H groups in total. The molecule has 0 spiro atoms. The second-order valence-electron chi connectivity index (χ2n) is 4.66. The molecular formula is C14H15N3O2. The highest BCUT2D eigenvalue weighted by Crippen LogP contribution is 2.29. The van der Waals surface area contributed by atoms with Gasteiger partial charge < -0.3 is 13.7 Å². The van der Waals surface area contributed by atoms with Gasteiger partial charge in [-0.2, -0.15) is 10.2 Å². The van der Waals surface area contributed by atoms with Gasteiger partial charge in [0, 0.05) is 13.1 Å². The van der Waals surface area contributed by atoms with E-state index >= 15 is 0 Å². The number of aromatic nitrogens is 1. The zero-order valence-electron chi connectivity index (χ0n) is 10.6. The second-order valence-corrected chi connectivity index (χ2v) is 4.66. The van der Waals surface area contributed by atoms with Gasteiger partial charge in [-0.25, -0.2) is 0 Å². The average molecular weight is 257 g/mol. The van der Waals surface area contributed by atoms with Crippen molar-refractivity contribution in [2.24, 2.45) is 0 Å². The third-order valence-electron chi connectivity index (χ3n) is 3.34. The zero-order chi connectivity index (χ0) is 13.1. The summed E-state index contributed by atoms with van der Waals surface area (Å²) in [7, 11) is 0. The van der Waals surface area contributed by atoms with E-state index in [0.29, 0.717) is 23.2 Å². The van der Waals surface area contributed by atoms with E-state index in [9.17, 15) is 5.26 Å². The van der Waals surface area contributed by atoms with Gasteiger partial charge in [0.05, 0.1) is 6.26 Å². The van der Waals surface area contributed by atoms with Crippen molar-refractivity contribution in [3.05, 3.63) is 24.1 Å². The molecule has 0 bridgehead atoms. The molecule has 0 aromatic carbocycles. The van der Waals surface area contributed by atoms with Gasteiger partial charge in [-0.1, -0.05) is 12.8 Å². The standard InChI is InChI=1S/C14H15N3O2/c15-10-11-14(17-7-3-1-2-4-8-17)19-13(16-11)12-6-5-9-18-12/h5-6,9H,1-4,7-8H2. The molecule has 1 aliphatic rings. The molecule has 0 radical (unpaired) electrons. The Hall–Kier alpha value is -2.22. The Morgan fingerprint density at radius 3 is 2.63 bits per heavy atom. The SMILES string of the molecule is N#Cc1nc(-c2ccco2)oc1N1CCCCCC1. The van der Waals surface area contributed by atoms with Crippen molar-refractivity contribution in [2.75, 3.05) is 18.0 Å². The zero-order valence-corrected chi connectivity index (χ0v) is 10.6. The molecule has 2 aromatic heterocycles. The van der Waals surface area contributed by atoms with Crippen LogP contribution in [0.15, 0.2) is 27.2 Å². The van der Waals surface area contributed by atoms with Crippen LogP contribution < -0.4 is 4.90 Å². The number of anilines is 1. The predicted molar refractivity (Wildman–Crippen MR) is 69.6 cm³/mol. The van der Waals surface area contributed by atoms with Gasteiger partial charge >= 0.3 is 0 Å². The van der Waals surface area contributed by atoms with Crippen LogP contribution in [-0.2, 0) is 0 Å². The summed E-state index contributed by atoms with van der Waals surface area (Å²) in [6.45, 7) is 1.84. The molecule has 5 heteroatoms. The van der Waals surface area contributed by atoms with E-state index in [-0.39, 0.29) is 0 Å². The molecule has 1 aliphatic heterocycles. The van der Waals surface area contributed by atoms with Crippen molar-refractivity contribution in [1.29, 1.82) is 5.26 Å². The molecule has 0 unspecified atom stereocenters. The van der Waals surface area contributed by atoms with Crippen LogP contribution in [0.3, 0.4) is 0 Å². The number of hydrogen-bond donors (Lipinski definition) is 0. The lowest BCUT2D eigenvalue weighted by atomic mass is 10.2. The van der Waals surface area contributed by atoms with Crippen molar-refractivity contribution >= 4 is 5.88 Å². The molecule has 0 amide bonds. The minimum Gasteiger partial charge on any atom is -0.459 e. The number of rotatable bonds is 2. The van der Waals surface area contributed by atoms with Crippen LogP contribution in [-0.4, -0.2) is 18.1 Å². The number of nitriles is 1. The summed E-state index contributed by atoms with van der Waals surface area (Å²) in [6.07, 6.45) is 6.29. The Morgan fingerprint density at radius 1 is 1.21 bits per heavy atom. The lowest BCUT2D eigenvalue weighted by Crippen LogP contribution is -2.24. The van der Waals surface area contributed by atoms with E-state index in [1.54, 1.807) is 18.4 Å². The largest absolute Gasteiger partial charge is 0.459 e. The van der Waals surface area contributed by atoms with Crippen molar-refractivity contribution in [1.82, 2.24) is 4.98 Å². The summed E-state index contributed by atoms with van der Waals surface area (Å²) in [4.78, 5) is 6.33. The average Bonchev–Trinajstić information content (AvgIpc) is 3.02. The first-order chi connectivity index (χ1) is 9.38. The lowest BCUT2D eigenvalue weighted by Gasteiger charge is -2.18. The van der Waals surface area contributed by atoms with Gasteiger partial charge in [-0.05, 0) is 25.0 Å². The van der Waals surface area contributed by atoms with Crippen LogP contribution in [0.2, 0.25) is 0 Å². The van der Waals surface area contributed by atoms with Gasteiger partial charge in [0.1, 0.15) is 6.07 Å². The first-order valence-corrected chi connectivity index (χ1v) is 6.58. The van der Waals surface area contributed by atoms with E-state index in [2.05, 4.69) is 16.0 Å². The highest BCUT2D eigenvalue weighted by Gasteiger charge is 2.22. The van der Waals surface area contributed by atoms with Crippen LogP contribution in [0.25, 0.3) is 11.7 Å². The molecule has 1 fully saturated rings. The monoisotopic (exact) mass is 257 g/mol. The summed E-state index contributed by atoms with van der Waals surface area (Å²) >= 11 is 0. The fourth-order valence-electron chi connectivity index (χ4n) is 2.38. The van der Waals surface area contributed by atoms with E-state index in [4.69, 9.17) is 8.83 Å².